The van der Waals surface area contributed by atoms with E-state index in [1.54, 1.807) is 16.6 Å². The summed E-state index contributed by atoms with van der Waals surface area (Å²) in [4.78, 5) is 18.2. The Balaban J connectivity index is 1.78. The summed E-state index contributed by atoms with van der Waals surface area (Å²) in [6.07, 6.45) is 1.69. The molecule has 2 aromatic rings. The number of carbonyl (C=O) groups excluding carboxylic acids is 1. The van der Waals surface area contributed by atoms with Gasteiger partial charge in [-0.15, -0.1) is 21.5 Å². The van der Waals surface area contributed by atoms with Gasteiger partial charge in [-0.05, 0) is 0 Å². The standard InChI is InChI=1S/C10H12N6OS/c11-3-9-13-7(5-18-9)10(17)15-1-2-16-6-12-14-8(16)4-15/h5-6H,1-4,11H2. The zero-order valence-electron chi connectivity index (χ0n) is 9.61. The maximum Gasteiger partial charge on any atom is 0.273 e. The molecule has 8 heteroatoms. The van der Waals surface area contributed by atoms with Crippen molar-refractivity contribution in [2.45, 2.75) is 19.6 Å². The van der Waals surface area contributed by atoms with Crippen LogP contribution in [-0.4, -0.2) is 37.1 Å². The van der Waals surface area contributed by atoms with Crippen LogP contribution in [0.2, 0.25) is 0 Å². The highest BCUT2D eigenvalue weighted by molar-refractivity contribution is 7.09. The summed E-state index contributed by atoms with van der Waals surface area (Å²) in [6.45, 7) is 2.22. The SMILES string of the molecule is NCc1nc(C(=O)N2CCn3cnnc3C2)cs1. The molecule has 7 nitrogen and oxygen atoms in total. The number of carbonyl (C=O) groups is 1. The van der Waals surface area contributed by atoms with Gasteiger partial charge >= 0.3 is 0 Å². The summed E-state index contributed by atoms with van der Waals surface area (Å²) in [6, 6.07) is 0. The summed E-state index contributed by atoms with van der Waals surface area (Å²) in [7, 11) is 0. The van der Waals surface area contributed by atoms with E-state index in [1.807, 2.05) is 4.57 Å². The first-order valence-electron chi connectivity index (χ1n) is 5.58. The first-order chi connectivity index (χ1) is 8.78. The van der Waals surface area contributed by atoms with E-state index >= 15 is 0 Å². The van der Waals surface area contributed by atoms with Crippen LogP contribution in [0, 0.1) is 0 Å². The summed E-state index contributed by atoms with van der Waals surface area (Å²) in [5.74, 6) is 0.740. The Morgan fingerprint density at radius 3 is 3.17 bits per heavy atom. The molecule has 1 amide bonds. The van der Waals surface area contributed by atoms with Crippen molar-refractivity contribution >= 4 is 17.2 Å². The molecule has 0 atom stereocenters. The van der Waals surface area contributed by atoms with Gasteiger partial charge in [0.1, 0.15) is 17.0 Å². The molecular formula is C10H12N6OS. The second kappa shape index (κ2) is 4.46. The predicted molar refractivity (Wildman–Crippen MR) is 64.8 cm³/mol. The van der Waals surface area contributed by atoms with Crippen LogP contribution in [0.3, 0.4) is 0 Å². The first-order valence-corrected chi connectivity index (χ1v) is 6.46. The van der Waals surface area contributed by atoms with Gasteiger partial charge in [0.25, 0.3) is 5.91 Å². The van der Waals surface area contributed by atoms with Gasteiger partial charge in [0.05, 0.1) is 6.54 Å². The number of hydrogen-bond donors (Lipinski definition) is 1. The molecule has 3 heterocycles. The van der Waals surface area contributed by atoms with Gasteiger partial charge in [-0.1, -0.05) is 0 Å². The third-order valence-corrected chi connectivity index (χ3v) is 3.74. The average Bonchev–Trinajstić information content (AvgIpc) is 3.05. The van der Waals surface area contributed by atoms with Crippen LogP contribution in [0.25, 0.3) is 0 Å². The summed E-state index contributed by atoms with van der Waals surface area (Å²) in [5.41, 5.74) is 5.96. The zero-order valence-corrected chi connectivity index (χ0v) is 10.4. The Hall–Kier alpha value is -1.80. The number of fused-ring (bicyclic) bond motifs is 1. The predicted octanol–water partition coefficient (Wildman–Crippen LogP) is -0.151. The molecule has 0 aromatic carbocycles. The molecule has 0 fully saturated rings. The van der Waals surface area contributed by atoms with Gasteiger partial charge in [-0.3, -0.25) is 4.79 Å². The lowest BCUT2D eigenvalue weighted by Crippen LogP contribution is -2.38. The van der Waals surface area contributed by atoms with Gasteiger partial charge in [0.2, 0.25) is 0 Å². The van der Waals surface area contributed by atoms with Gasteiger partial charge in [-0.25, -0.2) is 4.98 Å². The first kappa shape index (κ1) is 11.3. The van der Waals surface area contributed by atoms with Crippen LogP contribution in [-0.2, 0) is 19.6 Å². The highest BCUT2D eigenvalue weighted by Gasteiger charge is 2.24. The monoisotopic (exact) mass is 264 g/mol. The second-order valence-electron chi connectivity index (χ2n) is 4.00. The number of rotatable bonds is 2. The molecule has 0 spiro atoms. The number of nitrogens with two attached hydrogens (primary N) is 1. The van der Waals surface area contributed by atoms with Crippen molar-refractivity contribution in [3.05, 3.63) is 28.2 Å². The van der Waals surface area contributed by atoms with Gasteiger partial charge < -0.3 is 15.2 Å². The van der Waals surface area contributed by atoms with Crippen molar-refractivity contribution in [3.8, 4) is 0 Å². The smallest absolute Gasteiger partial charge is 0.273 e. The molecule has 0 saturated heterocycles. The van der Waals surface area contributed by atoms with Crippen molar-refractivity contribution in [2.24, 2.45) is 5.73 Å². The molecule has 1 aliphatic rings. The third kappa shape index (κ3) is 1.89. The molecule has 18 heavy (non-hydrogen) atoms. The van der Waals surface area contributed by atoms with Crippen LogP contribution in [0.15, 0.2) is 11.7 Å². The van der Waals surface area contributed by atoms with E-state index in [-0.39, 0.29) is 5.91 Å². The van der Waals surface area contributed by atoms with Crippen molar-refractivity contribution in [3.63, 3.8) is 0 Å². The Labute approximate surface area is 107 Å². The van der Waals surface area contributed by atoms with E-state index in [2.05, 4.69) is 15.2 Å². The highest BCUT2D eigenvalue weighted by atomic mass is 32.1. The van der Waals surface area contributed by atoms with Crippen molar-refractivity contribution in [2.75, 3.05) is 6.54 Å². The molecule has 1 aliphatic heterocycles. The fourth-order valence-electron chi connectivity index (χ4n) is 1.90. The Bertz CT molecular complexity index is 576. The van der Waals surface area contributed by atoms with E-state index in [9.17, 15) is 4.79 Å². The Morgan fingerprint density at radius 2 is 2.39 bits per heavy atom. The average molecular weight is 264 g/mol. The van der Waals surface area contributed by atoms with Gasteiger partial charge in [-0.2, -0.15) is 0 Å². The molecule has 2 aromatic heterocycles. The molecule has 0 bridgehead atoms. The minimum Gasteiger partial charge on any atom is -0.328 e. The topological polar surface area (TPSA) is 89.9 Å². The number of hydrogen-bond acceptors (Lipinski definition) is 6. The lowest BCUT2D eigenvalue weighted by Gasteiger charge is -2.26. The summed E-state index contributed by atoms with van der Waals surface area (Å²) in [5, 5.41) is 10.3. The number of amides is 1. The lowest BCUT2D eigenvalue weighted by molar-refractivity contribution is 0.0702. The fourth-order valence-corrected chi connectivity index (χ4v) is 2.55. The van der Waals surface area contributed by atoms with E-state index in [4.69, 9.17) is 5.73 Å². The molecule has 0 unspecified atom stereocenters. The van der Waals surface area contributed by atoms with Crippen LogP contribution in [0.1, 0.15) is 21.3 Å². The van der Waals surface area contributed by atoms with E-state index < -0.39 is 0 Å². The van der Waals surface area contributed by atoms with Crippen molar-refractivity contribution in [1.29, 1.82) is 0 Å². The molecule has 0 saturated carbocycles. The van der Waals surface area contributed by atoms with Gasteiger partial charge in [0, 0.05) is 25.0 Å². The minimum atomic E-state index is -0.0693. The molecule has 0 aliphatic carbocycles. The third-order valence-electron chi connectivity index (χ3n) is 2.87. The van der Waals surface area contributed by atoms with Crippen LogP contribution in [0.4, 0.5) is 0 Å². The second-order valence-corrected chi connectivity index (χ2v) is 4.94. The van der Waals surface area contributed by atoms with Crippen LogP contribution >= 0.6 is 11.3 Å². The zero-order chi connectivity index (χ0) is 12.5. The number of nitrogens with zero attached hydrogens (tertiary/aromatic N) is 5. The maximum atomic E-state index is 12.2. The summed E-state index contributed by atoms with van der Waals surface area (Å²) >= 11 is 1.41. The van der Waals surface area contributed by atoms with Gasteiger partial charge in [0.15, 0.2) is 5.82 Å². The van der Waals surface area contributed by atoms with Crippen molar-refractivity contribution < 1.29 is 4.79 Å². The molecular weight excluding hydrogens is 252 g/mol. The quantitative estimate of drug-likeness (QED) is 0.814. The minimum absolute atomic E-state index is 0.0693. The fraction of sp³-hybridized carbons (Fsp3) is 0.400. The van der Waals surface area contributed by atoms with Crippen LogP contribution in [0.5, 0.6) is 0 Å². The highest BCUT2D eigenvalue weighted by Crippen LogP contribution is 2.15. The Morgan fingerprint density at radius 1 is 1.50 bits per heavy atom. The number of aromatic nitrogens is 4. The van der Waals surface area contributed by atoms with E-state index in [0.717, 1.165) is 17.4 Å². The largest absolute Gasteiger partial charge is 0.328 e. The molecule has 94 valence electrons. The summed E-state index contributed by atoms with van der Waals surface area (Å²) < 4.78 is 1.95. The molecule has 0 radical (unpaired) electrons. The van der Waals surface area contributed by atoms with Crippen molar-refractivity contribution in [1.82, 2.24) is 24.6 Å². The van der Waals surface area contributed by atoms with E-state index in [1.165, 1.54) is 11.3 Å². The van der Waals surface area contributed by atoms with Crippen LogP contribution < -0.4 is 5.73 Å². The lowest BCUT2D eigenvalue weighted by atomic mass is 10.3. The maximum absolute atomic E-state index is 12.2. The van der Waals surface area contributed by atoms with E-state index in [0.29, 0.717) is 25.3 Å². The Kier molecular flexibility index (Phi) is 2.80. The molecule has 2 N–H and O–H groups in total. The number of thiazole rings is 1. The normalized spacial score (nSPS) is 14.6. The molecule has 3 rings (SSSR count).